The summed E-state index contributed by atoms with van der Waals surface area (Å²) in [5.74, 6) is 2.09. The van der Waals surface area contributed by atoms with Gasteiger partial charge in [-0.05, 0) is 57.3 Å². The summed E-state index contributed by atoms with van der Waals surface area (Å²) in [5, 5.41) is 3.37. The van der Waals surface area contributed by atoms with Crippen LogP contribution in [0.4, 0.5) is 0 Å². The third-order valence-electron chi connectivity index (χ3n) is 4.82. The van der Waals surface area contributed by atoms with E-state index in [1.165, 1.54) is 0 Å². The number of ether oxygens (including phenoxy) is 2. The molecule has 2 saturated heterocycles. The molecule has 1 aromatic carbocycles. The Bertz CT molecular complexity index is 683. The van der Waals surface area contributed by atoms with Crippen molar-refractivity contribution >= 4 is 22.4 Å². The minimum absolute atomic E-state index is 0. The van der Waals surface area contributed by atoms with Gasteiger partial charge in [0.25, 0.3) is 0 Å². The molecule has 0 amide bonds. The number of nitrogens with one attached hydrogen (secondary N) is 1. The third kappa shape index (κ3) is 4.22. The van der Waals surface area contributed by atoms with E-state index in [-0.39, 0.29) is 17.3 Å². The number of rotatable bonds is 6. The first-order valence-electron chi connectivity index (χ1n) is 8.66. The summed E-state index contributed by atoms with van der Waals surface area (Å²) >= 11 is 0. The predicted molar refractivity (Wildman–Crippen MR) is 99.3 cm³/mol. The molecule has 0 radical (unpaired) electrons. The van der Waals surface area contributed by atoms with Gasteiger partial charge < -0.3 is 14.8 Å². The highest BCUT2D eigenvalue weighted by atomic mass is 35.5. The monoisotopic (exact) mass is 390 g/mol. The van der Waals surface area contributed by atoms with Crippen LogP contribution in [0.3, 0.4) is 0 Å². The van der Waals surface area contributed by atoms with Gasteiger partial charge in [0, 0.05) is 19.2 Å². The van der Waals surface area contributed by atoms with Gasteiger partial charge in [-0.15, -0.1) is 12.4 Å². The summed E-state index contributed by atoms with van der Waals surface area (Å²) < 4.78 is 38.7. The van der Waals surface area contributed by atoms with E-state index in [1.807, 2.05) is 13.8 Å². The Balaban J connectivity index is 0.00000225. The molecule has 2 atom stereocenters. The van der Waals surface area contributed by atoms with Gasteiger partial charge in [-0.3, -0.25) is 0 Å². The van der Waals surface area contributed by atoms with Crippen LogP contribution in [-0.2, 0) is 10.0 Å². The summed E-state index contributed by atoms with van der Waals surface area (Å²) in [7, 11) is -3.50. The highest BCUT2D eigenvalue weighted by Gasteiger charge is 2.37. The number of nitrogens with zero attached hydrogens (tertiary/aromatic N) is 1. The summed E-state index contributed by atoms with van der Waals surface area (Å²) in [4.78, 5) is 0.277. The van der Waals surface area contributed by atoms with Crippen LogP contribution in [0.15, 0.2) is 23.1 Å². The van der Waals surface area contributed by atoms with Gasteiger partial charge in [0.15, 0.2) is 11.5 Å². The van der Waals surface area contributed by atoms with Gasteiger partial charge in [-0.2, -0.15) is 4.31 Å². The quantitative estimate of drug-likeness (QED) is 0.805. The number of fused-ring (bicyclic) bond motifs is 1. The SMILES string of the molecule is CCOc1ccc(S(=O)(=O)N2CCC3CNCC3C2)cc1OCC.Cl. The first kappa shape index (κ1) is 20.3. The average Bonchev–Trinajstić information content (AvgIpc) is 3.04. The molecule has 3 rings (SSSR count). The molecule has 0 bridgehead atoms. The molecule has 25 heavy (non-hydrogen) atoms. The molecule has 0 spiro atoms. The van der Waals surface area contributed by atoms with Crippen LogP contribution in [0.2, 0.25) is 0 Å². The molecular weight excluding hydrogens is 364 g/mol. The second kappa shape index (κ2) is 8.58. The second-order valence-corrected chi connectivity index (χ2v) is 8.24. The Morgan fingerprint density at radius 3 is 2.52 bits per heavy atom. The first-order valence-corrected chi connectivity index (χ1v) is 10.1. The van der Waals surface area contributed by atoms with Gasteiger partial charge in [-0.1, -0.05) is 0 Å². The lowest BCUT2D eigenvalue weighted by Crippen LogP contribution is -2.43. The fourth-order valence-electron chi connectivity index (χ4n) is 3.56. The number of hydrogen-bond donors (Lipinski definition) is 1. The van der Waals surface area contributed by atoms with E-state index in [0.29, 0.717) is 49.6 Å². The van der Waals surface area contributed by atoms with Gasteiger partial charge in [0.2, 0.25) is 10.0 Å². The molecule has 142 valence electrons. The molecule has 2 aliphatic rings. The minimum atomic E-state index is -3.50. The smallest absolute Gasteiger partial charge is 0.243 e. The van der Waals surface area contributed by atoms with Crippen LogP contribution in [-0.4, -0.2) is 52.1 Å². The lowest BCUT2D eigenvalue weighted by molar-refractivity contribution is 0.227. The number of halogens is 1. The van der Waals surface area contributed by atoms with Crippen molar-refractivity contribution < 1.29 is 17.9 Å². The van der Waals surface area contributed by atoms with Gasteiger partial charge in [0.05, 0.1) is 18.1 Å². The zero-order chi connectivity index (χ0) is 17.2. The highest BCUT2D eigenvalue weighted by Crippen LogP contribution is 2.34. The molecule has 6 nitrogen and oxygen atoms in total. The molecule has 1 aromatic rings. The first-order chi connectivity index (χ1) is 11.6. The van der Waals surface area contributed by atoms with Crippen molar-refractivity contribution in [2.75, 3.05) is 39.4 Å². The number of sulfonamides is 1. The molecule has 0 aliphatic carbocycles. The van der Waals surface area contributed by atoms with Crippen LogP contribution >= 0.6 is 12.4 Å². The topological polar surface area (TPSA) is 67.9 Å². The fraction of sp³-hybridized carbons (Fsp3) is 0.647. The Hall–Kier alpha value is -1.02. The van der Waals surface area contributed by atoms with Crippen LogP contribution in [0.5, 0.6) is 11.5 Å². The summed E-state index contributed by atoms with van der Waals surface area (Å²) in [6, 6.07) is 4.88. The largest absolute Gasteiger partial charge is 0.490 e. The van der Waals surface area contributed by atoms with Crippen molar-refractivity contribution in [2.45, 2.75) is 25.2 Å². The molecule has 2 fully saturated rings. The Morgan fingerprint density at radius 2 is 1.80 bits per heavy atom. The van der Waals surface area contributed by atoms with E-state index in [0.717, 1.165) is 19.5 Å². The fourth-order valence-corrected chi connectivity index (χ4v) is 5.09. The van der Waals surface area contributed by atoms with E-state index >= 15 is 0 Å². The highest BCUT2D eigenvalue weighted by molar-refractivity contribution is 7.89. The molecule has 8 heteroatoms. The maximum atomic E-state index is 13.0. The van der Waals surface area contributed by atoms with Gasteiger partial charge in [0.1, 0.15) is 0 Å². The van der Waals surface area contributed by atoms with Crippen LogP contribution in [0.1, 0.15) is 20.3 Å². The second-order valence-electron chi connectivity index (χ2n) is 6.30. The zero-order valence-corrected chi connectivity index (χ0v) is 16.4. The molecular formula is C17H27ClN2O4S. The van der Waals surface area contributed by atoms with Crippen molar-refractivity contribution in [3.05, 3.63) is 18.2 Å². The van der Waals surface area contributed by atoms with E-state index in [4.69, 9.17) is 9.47 Å². The Morgan fingerprint density at radius 1 is 1.12 bits per heavy atom. The van der Waals surface area contributed by atoms with E-state index in [1.54, 1.807) is 22.5 Å². The Labute approximate surface area is 156 Å². The van der Waals surface area contributed by atoms with Crippen molar-refractivity contribution in [1.82, 2.24) is 9.62 Å². The lowest BCUT2D eigenvalue weighted by Gasteiger charge is -2.33. The van der Waals surface area contributed by atoms with Crippen LogP contribution in [0.25, 0.3) is 0 Å². The normalized spacial score (nSPS) is 23.6. The molecule has 1 N–H and O–H groups in total. The minimum Gasteiger partial charge on any atom is -0.490 e. The van der Waals surface area contributed by atoms with Gasteiger partial charge >= 0.3 is 0 Å². The van der Waals surface area contributed by atoms with E-state index < -0.39 is 10.0 Å². The van der Waals surface area contributed by atoms with Crippen LogP contribution < -0.4 is 14.8 Å². The average molecular weight is 391 g/mol. The summed E-state index contributed by atoms with van der Waals surface area (Å²) in [6.07, 6.45) is 0.923. The summed E-state index contributed by atoms with van der Waals surface area (Å²) in [5.41, 5.74) is 0. The molecule has 0 aromatic heterocycles. The molecule has 2 aliphatic heterocycles. The molecule has 2 heterocycles. The zero-order valence-electron chi connectivity index (χ0n) is 14.7. The maximum Gasteiger partial charge on any atom is 0.243 e. The van der Waals surface area contributed by atoms with Crippen molar-refractivity contribution in [3.63, 3.8) is 0 Å². The van der Waals surface area contributed by atoms with E-state index in [9.17, 15) is 8.42 Å². The van der Waals surface area contributed by atoms with Gasteiger partial charge in [-0.25, -0.2) is 8.42 Å². The predicted octanol–water partition coefficient (Wildman–Crippen LogP) is 2.14. The maximum absolute atomic E-state index is 13.0. The van der Waals surface area contributed by atoms with E-state index in [2.05, 4.69) is 5.32 Å². The van der Waals surface area contributed by atoms with Crippen molar-refractivity contribution in [2.24, 2.45) is 11.8 Å². The summed E-state index contributed by atoms with van der Waals surface area (Å²) in [6.45, 7) is 7.83. The lowest BCUT2D eigenvalue weighted by atomic mass is 9.90. The standard InChI is InChI=1S/C17H26N2O4S.ClH/c1-3-22-16-6-5-15(9-17(16)23-4-2)24(20,21)19-8-7-13-10-18-11-14(13)12-19;/h5-6,9,13-14,18H,3-4,7-8,10-12H2,1-2H3;1H. The van der Waals surface area contributed by atoms with Crippen molar-refractivity contribution in [1.29, 1.82) is 0 Å². The number of hydrogen-bond acceptors (Lipinski definition) is 5. The Kier molecular flexibility index (Phi) is 6.96. The van der Waals surface area contributed by atoms with Crippen LogP contribution in [0, 0.1) is 11.8 Å². The molecule has 0 saturated carbocycles. The third-order valence-corrected chi connectivity index (χ3v) is 6.68. The molecule has 2 unspecified atom stereocenters. The number of benzene rings is 1. The van der Waals surface area contributed by atoms with Crippen molar-refractivity contribution in [3.8, 4) is 11.5 Å². The number of piperidine rings is 1.